The van der Waals surface area contributed by atoms with E-state index < -0.39 is 17.3 Å². The fourth-order valence-corrected chi connectivity index (χ4v) is 2.44. The largest absolute Gasteiger partial charge is 0.422 e. The lowest BCUT2D eigenvalue weighted by atomic mass is 10.1. The molecule has 24 heavy (non-hydrogen) atoms. The van der Waals surface area contributed by atoms with Crippen molar-refractivity contribution in [2.45, 2.75) is 0 Å². The van der Waals surface area contributed by atoms with Crippen LogP contribution in [0, 0.1) is 0 Å². The molecule has 7 heteroatoms. The average Bonchev–Trinajstić information content (AvgIpc) is 2.93. The topological polar surface area (TPSA) is 105 Å². The molecule has 118 valence electrons. The van der Waals surface area contributed by atoms with Crippen molar-refractivity contribution >= 4 is 33.7 Å². The summed E-state index contributed by atoms with van der Waals surface area (Å²) in [6.07, 6.45) is 0. The van der Waals surface area contributed by atoms with Crippen molar-refractivity contribution < 1.29 is 13.6 Å². The molecule has 0 saturated carbocycles. The number of carbonyl (C=O) groups excluding carboxylic acids is 1. The summed E-state index contributed by atoms with van der Waals surface area (Å²) in [5.74, 6) is -1.18. The van der Waals surface area contributed by atoms with E-state index in [0.29, 0.717) is 27.8 Å². The Morgan fingerprint density at radius 3 is 2.67 bits per heavy atom. The molecular weight excluding hydrogens is 312 g/mol. The van der Waals surface area contributed by atoms with Gasteiger partial charge >= 0.3 is 11.4 Å². The lowest BCUT2D eigenvalue weighted by Gasteiger charge is -2.05. The molecule has 7 nitrogen and oxygen atoms in total. The number of anilines is 1. The second-order valence-electron chi connectivity index (χ2n) is 5.16. The maximum absolute atomic E-state index is 12.3. The first-order valence-corrected chi connectivity index (χ1v) is 7.07. The van der Waals surface area contributed by atoms with E-state index in [1.807, 2.05) is 0 Å². The predicted molar refractivity (Wildman–Crippen MR) is 87.3 cm³/mol. The highest BCUT2D eigenvalue weighted by molar-refractivity contribution is 6.05. The minimum Gasteiger partial charge on any atom is -0.422 e. The predicted octanol–water partition coefficient (Wildman–Crippen LogP) is 2.48. The van der Waals surface area contributed by atoms with Crippen LogP contribution < -0.4 is 16.7 Å². The van der Waals surface area contributed by atoms with Crippen LogP contribution in [0.5, 0.6) is 0 Å². The Kier molecular flexibility index (Phi) is 3.06. The molecule has 2 N–H and O–H groups in total. The van der Waals surface area contributed by atoms with Crippen LogP contribution in [-0.4, -0.2) is 10.9 Å². The van der Waals surface area contributed by atoms with E-state index in [1.54, 1.807) is 36.4 Å². The van der Waals surface area contributed by atoms with Crippen LogP contribution in [0.4, 0.5) is 5.69 Å². The quantitative estimate of drug-likeness (QED) is 0.552. The van der Waals surface area contributed by atoms with Crippen molar-refractivity contribution in [3.8, 4) is 0 Å². The van der Waals surface area contributed by atoms with Gasteiger partial charge in [0.2, 0.25) is 0 Å². The molecule has 2 heterocycles. The van der Waals surface area contributed by atoms with Gasteiger partial charge in [-0.25, -0.2) is 9.59 Å². The van der Waals surface area contributed by atoms with Crippen LogP contribution in [0.3, 0.4) is 0 Å². The smallest absolute Gasteiger partial charge is 0.417 e. The van der Waals surface area contributed by atoms with Crippen molar-refractivity contribution in [3.05, 3.63) is 75.1 Å². The number of aromatic amines is 1. The number of benzene rings is 2. The lowest BCUT2D eigenvalue weighted by Crippen LogP contribution is -2.20. The van der Waals surface area contributed by atoms with Crippen molar-refractivity contribution in [1.29, 1.82) is 0 Å². The van der Waals surface area contributed by atoms with Crippen LogP contribution in [0.25, 0.3) is 22.1 Å². The standard InChI is InChI=1S/C17H10N2O5/c20-15(11-7-9-3-1-2-4-13(9)23-16(11)21)18-10-5-6-12-14(8-10)24-17(22)19-12/h1-8H,(H,18,20)(H,19,22). The summed E-state index contributed by atoms with van der Waals surface area (Å²) in [5.41, 5.74) is 0.800. The van der Waals surface area contributed by atoms with Gasteiger partial charge in [0, 0.05) is 17.1 Å². The molecule has 0 spiro atoms. The Balaban J connectivity index is 1.71. The van der Waals surface area contributed by atoms with Crippen molar-refractivity contribution in [2.24, 2.45) is 0 Å². The SMILES string of the molecule is O=C(Nc1ccc2[nH]c(=O)oc2c1)c1cc2ccccc2oc1=O. The van der Waals surface area contributed by atoms with Crippen molar-refractivity contribution in [2.75, 3.05) is 5.32 Å². The van der Waals surface area contributed by atoms with Gasteiger partial charge in [0.1, 0.15) is 11.1 Å². The molecule has 0 saturated heterocycles. The highest BCUT2D eigenvalue weighted by Crippen LogP contribution is 2.18. The fourth-order valence-electron chi connectivity index (χ4n) is 2.44. The maximum atomic E-state index is 12.3. The Morgan fingerprint density at radius 2 is 1.79 bits per heavy atom. The van der Waals surface area contributed by atoms with E-state index in [9.17, 15) is 14.4 Å². The lowest BCUT2D eigenvalue weighted by molar-refractivity contribution is 0.102. The first kappa shape index (κ1) is 14.0. The summed E-state index contributed by atoms with van der Waals surface area (Å²) in [6.45, 7) is 0. The third-order valence-corrected chi connectivity index (χ3v) is 3.56. The molecule has 0 bridgehead atoms. The molecule has 0 aliphatic heterocycles. The zero-order chi connectivity index (χ0) is 16.7. The zero-order valence-electron chi connectivity index (χ0n) is 12.2. The molecule has 0 radical (unpaired) electrons. The normalized spacial score (nSPS) is 11.0. The van der Waals surface area contributed by atoms with Crippen molar-refractivity contribution in [3.63, 3.8) is 0 Å². The second-order valence-corrected chi connectivity index (χ2v) is 5.16. The van der Waals surface area contributed by atoms with Crippen LogP contribution in [-0.2, 0) is 0 Å². The number of aromatic nitrogens is 1. The zero-order valence-corrected chi connectivity index (χ0v) is 12.2. The van der Waals surface area contributed by atoms with E-state index in [1.165, 1.54) is 12.1 Å². The molecular formula is C17H10N2O5. The summed E-state index contributed by atoms with van der Waals surface area (Å²) in [5, 5.41) is 3.24. The van der Waals surface area contributed by atoms with Crippen LogP contribution >= 0.6 is 0 Å². The average molecular weight is 322 g/mol. The monoisotopic (exact) mass is 322 g/mol. The van der Waals surface area contributed by atoms with Crippen LogP contribution in [0.2, 0.25) is 0 Å². The Bertz CT molecular complexity index is 1200. The van der Waals surface area contributed by atoms with E-state index in [4.69, 9.17) is 8.83 Å². The molecule has 0 aliphatic carbocycles. The van der Waals surface area contributed by atoms with Gasteiger partial charge in [-0.05, 0) is 24.3 Å². The number of rotatable bonds is 2. The Morgan fingerprint density at radius 1 is 0.958 bits per heavy atom. The molecule has 4 aromatic rings. The van der Waals surface area contributed by atoms with Gasteiger partial charge in [0.25, 0.3) is 5.91 Å². The van der Waals surface area contributed by atoms with Crippen LogP contribution in [0.1, 0.15) is 10.4 Å². The third-order valence-electron chi connectivity index (χ3n) is 3.56. The van der Waals surface area contributed by atoms with Crippen molar-refractivity contribution in [1.82, 2.24) is 4.98 Å². The van der Waals surface area contributed by atoms with Gasteiger partial charge < -0.3 is 14.2 Å². The minimum atomic E-state index is -0.722. The molecule has 0 unspecified atom stereocenters. The molecule has 2 aromatic heterocycles. The maximum Gasteiger partial charge on any atom is 0.417 e. The van der Waals surface area contributed by atoms with Gasteiger partial charge in [0.15, 0.2) is 5.58 Å². The number of hydrogen-bond donors (Lipinski definition) is 2. The number of H-pyrrole nitrogens is 1. The molecule has 4 rings (SSSR count). The molecule has 0 aliphatic rings. The number of fused-ring (bicyclic) bond motifs is 2. The third kappa shape index (κ3) is 2.38. The van der Waals surface area contributed by atoms with Gasteiger partial charge in [-0.2, -0.15) is 0 Å². The van der Waals surface area contributed by atoms with Gasteiger partial charge in [-0.1, -0.05) is 18.2 Å². The number of oxazole rings is 1. The fraction of sp³-hybridized carbons (Fsp3) is 0. The van der Waals surface area contributed by atoms with E-state index in [0.717, 1.165) is 0 Å². The molecule has 1 amide bonds. The summed E-state index contributed by atoms with van der Waals surface area (Å²) in [4.78, 5) is 38.0. The highest BCUT2D eigenvalue weighted by atomic mass is 16.4. The second kappa shape index (κ2) is 5.24. The Labute approximate surface area is 133 Å². The summed E-state index contributed by atoms with van der Waals surface area (Å²) in [6, 6.07) is 13.1. The molecule has 0 atom stereocenters. The number of para-hydroxylation sites is 1. The Hall–Kier alpha value is -3.61. The number of hydrogen-bond acceptors (Lipinski definition) is 5. The van der Waals surface area contributed by atoms with E-state index in [-0.39, 0.29) is 5.56 Å². The number of nitrogens with one attached hydrogen (secondary N) is 2. The summed E-state index contributed by atoms with van der Waals surface area (Å²) < 4.78 is 10.1. The van der Waals surface area contributed by atoms with E-state index >= 15 is 0 Å². The van der Waals surface area contributed by atoms with Gasteiger partial charge in [-0.3, -0.25) is 9.78 Å². The first-order chi connectivity index (χ1) is 11.6. The van der Waals surface area contributed by atoms with Crippen LogP contribution in [0.15, 0.2) is 67.0 Å². The summed E-state index contributed by atoms with van der Waals surface area (Å²) >= 11 is 0. The van der Waals surface area contributed by atoms with E-state index in [2.05, 4.69) is 10.3 Å². The highest BCUT2D eigenvalue weighted by Gasteiger charge is 2.14. The molecule has 2 aromatic carbocycles. The first-order valence-electron chi connectivity index (χ1n) is 7.07. The number of amides is 1. The summed E-state index contributed by atoms with van der Waals surface area (Å²) in [7, 11) is 0. The van der Waals surface area contributed by atoms with Gasteiger partial charge in [-0.15, -0.1) is 0 Å². The number of carbonyl (C=O) groups is 1. The minimum absolute atomic E-state index is 0.107. The molecule has 0 fully saturated rings. The van der Waals surface area contributed by atoms with Gasteiger partial charge in [0.05, 0.1) is 5.52 Å².